The molecule has 1 atom stereocenters. The van der Waals surface area contributed by atoms with Crippen LogP contribution in [0.1, 0.15) is 47.3 Å². The van der Waals surface area contributed by atoms with Gasteiger partial charge in [0.15, 0.2) is 0 Å². The van der Waals surface area contributed by atoms with Gasteiger partial charge in [-0.2, -0.15) is 0 Å². The Hall–Kier alpha value is -1.82. The van der Waals surface area contributed by atoms with Crippen molar-refractivity contribution in [1.29, 1.82) is 0 Å². The summed E-state index contributed by atoms with van der Waals surface area (Å²) in [6.45, 7) is 9.24. The molecule has 7 heteroatoms. The average molecular weight is 442 g/mol. The van der Waals surface area contributed by atoms with Gasteiger partial charge >= 0.3 is 0 Å². The fourth-order valence-electron chi connectivity index (χ4n) is 2.94. The number of carbonyl (C=O) groups is 1. The van der Waals surface area contributed by atoms with E-state index in [9.17, 15) is 4.79 Å². The number of nitrogens with zero attached hydrogens (tertiary/aromatic N) is 2. The Kier molecular flexibility index (Phi) is 11.9. The summed E-state index contributed by atoms with van der Waals surface area (Å²) in [5.74, 6) is 1.24. The smallest absolute Gasteiger partial charge is 0.253 e. The van der Waals surface area contributed by atoms with Crippen molar-refractivity contribution in [3.63, 3.8) is 0 Å². The second-order valence-electron chi connectivity index (χ2n) is 7.51. The minimum Gasteiger partial charge on any atom is -0.488 e. The van der Waals surface area contributed by atoms with Crippen LogP contribution in [-0.4, -0.2) is 35.4 Å². The molecule has 5 nitrogen and oxygen atoms in total. The molecular weight excluding hydrogens is 409 g/mol. The molecule has 1 aromatic heterocycles. The Morgan fingerprint density at radius 3 is 2.34 bits per heavy atom. The normalized spacial score (nSPS) is 11.3. The maximum Gasteiger partial charge on any atom is 0.253 e. The number of halogens is 2. The Morgan fingerprint density at radius 2 is 1.83 bits per heavy atom. The van der Waals surface area contributed by atoms with Crippen molar-refractivity contribution in [3.05, 3.63) is 58.9 Å². The van der Waals surface area contributed by atoms with Gasteiger partial charge in [0.2, 0.25) is 0 Å². The van der Waals surface area contributed by atoms with Gasteiger partial charge in [-0.3, -0.25) is 9.78 Å². The van der Waals surface area contributed by atoms with Gasteiger partial charge in [0.25, 0.3) is 5.91 Å². The number of ether oxygens (including phenoxy) is 1. The van der Waals surface area contributed by atoms with Crippen LogP contribution in [0.25, 0.3) is 0 Å². The summed E-state index contributed by atoms with van der Waals surface area (Å²) in [4.78, 5) is 18.6. The summed E-state index contributed by atoms with van der Waals surface area (Å²) in [6.07, 6.45) is 4.33. The quantitative estimate of drug-likeness (QED) is 0.651. The fraction of sp³-hybridized carbons (Fsp3) is 0.455. The lowest BCUT2D eigenvalue weighted by Gasteiger charge is -2.22. The molecular formula is C22H33Cl2N3O2. The third-order valence-corrected chi connectivity index (χ3v) is 4.81. The topological polar surface area (TPSA) is 68.5 Å². The highest BCUT2D eigenvalue weighted by Crippen LogP contribution is 2.26. The molecule has 0 saturated carbocycles. The molecule has 162 valence electrons. The number of benzene rings is 1. The lowest BCUT2D eigenvalue weighted by atomic mass is 10.0. The van der Waals surface area contributed by atoms with Gasteiger partial charge in [0.05, 0.1) is 0 Å². The molecule has 1 aromatic carbocycles. The number of amides is 1. The fourth-order valence-corrected chi connectivity index (χ4v) is 2.94. The van der Waals surface area contributed by atoms with Crippen LogP contribution in [0.15, 0.2) is 36.7 Å². The van der Waals surface area contributed by atoms with E-state index in [1.165, 1.54) is 0 Å². The molecule has 0 aliphatic heterocycles. The van der Waals surface area contributed by atoms with E-state index in [4.69, 9.17) is 10.5 Å². The van der Waals surface area contributed by atoms with E-state index >= 15 is 0 Å². The van der Waals surface area contributed by atoms with Crippen molar-refractivity contribution in [1.82, 2.24) is 9.88 Å². The Balaban J connectivity index is 0.00000392. The third-order valence-electron chi connectivity index (χ3n) is 4.81. The maximum absolute atomic E-state index is 12.8. The predicted octanol–water partition coefficient (Wildman–Crippen LogP) is 4.57. The lowest BCUT2D eigenvalue weighted by molar-refractivity contribution is 0.0789. The molecule has 0 aliphatic carbocycles. The Labute approximate surface area is 186 Å². The zero-order chi connectivity index (χ0) is 20.0. The van der Waals surface area contributed by atoms with E-state index in [1.54, 1.807) is 17.3 Å². The summed E-state index contributed by atoms with van der Waals surface area (Å²) in [5, 5.41) is 0. The molecule has 2 aromatic rings. The Bertz CT molecular complexity index is 747. The first-order valence-corrected chi connectivity index (χ1v) is 9.43. The molecule has 29 heavy (non-hydrogen) atoms. The predicted molar refractivity (Wildman–Crippen MR) is 123 cm³/mol. The van der Waals surface area contributed by atoms with E-state index in [0.717, 1.165) is 28.9 Å². The van der Waals surface area contributed by atoms with Crippen molar-refractivity contribution in [2.45, 2.75) is 46.8 Å². The number of rotatable bonds is 8. The average Bonchev–Trinajstić information content (AvgIpc) is 2.65. The first-order valence-electron chi connectivity index (χ1n) is 9.43. The SMILES string of the molecule is Cc1cc(C(=O)N(C)CCC(N)C(C)C)cc(C)c1OCc1cccnc1.Cl.Cl. The van der Waals surface area contributed by atoms with E-state index in [1.807, 2.05) is 45.2 Å². The first kappa shape index (κ1) is 27.2. The minimum atomic E-state index is 0. The number of aryl methyl sites for hydroxylation is 2. The van der Waals surface area contributed by atoms with E-state index in [-0.39, 0.29) is 36.8 Å². The second kappa shape index (κ2) is 12.7. The van der Waals surface area contributed by atoms with E-state index in [0.29, 0.717) is 24.6 Å². The van der Waals surface area contributed by atoms with Gasteiger partial charge in [-0.1, -0.05) is 19.9 Å². The van der Waals surface area contributed by atoms with E-state index in [2.05, 4.69) is 18.8 Å². The molecule has 2 rings (SSSR count). The van der Waals surface area contributed by atoms with Gasteiger partial charge in [0, 0.05) is 43.2 Å². The maximum atomic E-state index is 12.8. The third kappa shape index (κ3) is 7.84. The number of carbonyl (C=O) groups excluding carboxylic acids is 1. The molecule has 0 fully saturated rings. The largest absolute Gasteiger partial charge is 0.488 e. The number of aromatic nitrogens is 1. The summed E-state index contributed by atoms with van der Waals surface area (Å²) >= 11 is 0. The van der Waals surface area contributed by atoms with Crippen LogP contribution in [0.5, 0.6) is 5.75 Å². The summed E-state index contributed by atoms with van der Waals surface area (Å²) in [7, 11) is 1.83. The first-order chi connectivity index (χ1) is 12.8. The van der Waals surface area contributed by atoms with Crippen molar-refractivity contribution in [2.75, 3.05) is 13.6 Å². The zero-order valence-electron chi connectivity index (χ0n) is 17.8. The second-order valence-corrected chi connectivity index (χ2v) is 7.51. The van der Waals surface area contributed by atoms with Crippen LogP contribution >= 0.6 is 24.8 Å². The van der Waals surface area contributed by atoms with Gasteiger partial charge in [0.1, 0.15) is 12.4 Å². The monoisotopic (exact) mass is 441 g/mol. The van der Waals surface area contributed by atoms with Gasteiger partial charge in [-0.25, -0.2) is 0 Å². The van der Waals surface area contributed by atoms with Crippen molar-refractivity contribution in [3.8, 4) is 5.75 Å². The number of hydrogen-bond acceptors (Lipinski definition) is 4. The van der Waals surface area contributed by atoms with Gasteiger partial charge in [-0.05, 0) is 55.5 Å². The molecule has 2 N–H and O–H groups in total. The number of nitrogens with two attached hydrogens (primary N) is 1. The molecule has 1 amide bonds. The zero-order valence-corrected chi connectivity index (χ0v) is 19.5. The lowest BCUT2D eigenvalue weighted by Crippen LogP contribution is -2.34. The van der Waals surface area contributed by atoms with Crippen LogP contribution in [-0.2, 0) is 6.61 Å². The molecule has 0 spiro atoms. The highest BCUT2D eigenvalue weighted by molar-refractivity contribution is 5.94. The Morgan fingerprint density at radius 1 is 1.21 bits per heavy atom. The minimum absolute atomic E-state index is 0. The summed E-state index contributed by atoms with van der Waals surface area (Å²) < 4.78 is 5.97. The van der Waals surface area contributed by atoms with Crippen LogP contribution < -0.4 is 10.5 Å². The number of hydrogen-bond donors (Lipinski definition) is 1. The van der Waals surface area contributed by atoms with E-state index < -0.39 is 0 Å². The molecule has 0 bridgehead atoms. The highest BCUT2D eigenvalue weighted by atomic mass is 35.5. The summed E-state index contributed by atoms with van der Waals surface area (Å²) in [5.41, 5.74) is 9.69. The molecule has 0 saturated heterocycles. The van der Waals surface area contributed by atoms with Gasteiger partial charge < -0.3 is 15.4 Å². The molecule has 1 heterocycles. The molecule has 1 unspecified atom stereocenters. The molecule has 0 aliphatic rings. The number of pyridine rings is 1. The van der Waals surface area contributed by atoms with Crippen LogP contribution in [0.2, 0.25) is 0 Å². The highest BCUT2D eigenvalue weighted by Gasteiger charge is 2.17. The molecule has 0 radical (unpaired) electrons. The van der Waals surface area contributed by atoms with Crippen molar-refractivity contribution in [2.24, 2.45) is 11.7 Å². The van der Waals surface area contributed by atoms with Crippen LogP contribution in [0, 0.1) is 19.8 Å². The standard InChI is InChI=1S/C22H31N3O2.2ClH/c1-15(2)20(23)8-10-25(5)22(26)19-11-16(3)21(17(4)12-19)27-14-18-7-6-9-24-13-18;;/h6-7,9,11-13,15,20H,8,10,14,23H2,1-5H3;2*1H. The summed E-state index contributed by atoms with van der Waals surface area (Å²) in [6, 6.07) is 7.76. The van der Waals surface area contributed by atoms with Crippen LogP contribution in [0.3, 0.4) is 0 Å². The van der Waals surface area contributed by atoms with Crippen molar-refractivity contribution >= 4 is 30.7 Å². The van der Waals surface area contributed by atoms with Gasteiger partial charge in [-0.15, -0.1) is 24.8 Å². The van der Waals surface area contributed by atoms with Crippen molar-refractivity contribution < 1.29 is 9.53 Å². The van der Waals surface area contributed by atoms with Crippen LogP contribution in [0.4, 0.5) is 0 Å².